The lowest BCUT2D eigenvalue weighted by Gasteiger charge is -2.32. The molecule has 1 amide bonds. The largest absolute Gasteiger partial charge is 0.352 e. The van der Waals surface area contributed by atoms with Crippen LogP contribution in [0, 0.1) is 0 Å². The highest BCUT2D eigenvalue weighted by atomic mass is 16.1. The van der Waals surface area contributed by atoms with E-state index in [2.05, 4.69) is 10.2 Å². The van der Waals surface area contributed by atoms with Gasteiger partial charge < -0.3 is 5.32 Å². The van der Waals surface area contributed by atoms with Gasteiger partial charge in [0, 0.05) is 25.6 Å². The first kappa shape index (κ1) is 9.00. The maximum Gasteiger partial charge on any atom is 0.217 e. The van der Waals surface area contributed by atoms with Crippen molar-refractivity contribution in [2.45, 2.75) is 44.7 Å². The number of hydrogen-bond acceptors (Lipinski definition) is 2. The number of hydrogen-bond donors (Lipinski definition) is 1. The minimum atomic E-state index is 0.114. The topological polar surface area (TPSA) is 32.3 Å². The monoisotopic (exact) mass is 182 g/mol. The van der Waals surface area contributed by atoms with Crippen molar-refractivity contribution in [3.05, 3.63) is 0 Å². The molecule has 1 saturated carbocycles. The van der Waals surface area contributed by atoms with Crippen molar-refractivity contribution < 1.29 is 4.79 Å². The predicted octanol–water partition coefficient (Wildman–Crippen LogP) is 0.749. The van der Waals surface area contributed by atoms with Crippen molar-refractivity contribution in [2.75, 3.05) is 13.1 Å². The number of carbonyl (C=O) groups is 1. The molecular weight excluding hydrogens is 164 g/mol. The van der Waals surface area contributed by atoms with Crippen LogP contribution in [0.4, 0.5) is 0 Å². The molecule has 2 fully saturated rings. The molecule has 1 heterocycles. The van der Waals surface area contributed by atoms with Gasteiger partial charge in [-0.3, -0.25) is 9.69 Å². The lowest BCUT2D eigenvalue weighted by Crippen LogP contribution is -2.47. The second-order valence-corrected chi connectivity index (χ2v) is 4.27. The predicted molar refractivity (Wildman–Crippen MR) is 51.4 cm³/mol. The van der Waals surface area contributed by atoms with Crippen LogP contribution in [0.2, 0.25) is 0 Å². The highest BCUT2D eigenvalue weighted by molar-refractivity contribution is 5.73. The van der Waals surface area contributed by atoms with E-state index in [1.165, 1.54) is 25.8 Å². The standard InChI is InChI=1S/C10H18N2O/c1-8(13)11-9-3-2-6-12(7-9)10-4-5-10/h9-10H,2-7H2,1H3,(H,11,13). The van der Waals surface area contributed by atoms with Crippen molar-refractivity contribution in [3.8, 4) is 0 Å². The molecule has 1 aliphatic heterocycles. The molecule has 2 aliphatic rings. The first-order valence-corrected chi connectivity index (χ1v) is 5.27. The summed E-state index contributed by atoms with van der Waals surface area (Å²) in [4.78, 5) is 13.4. The van der Waals surface area contributed by atoms with Gasteiger partial charge in [0.25, 0.3) is 0 Å². The Balaban J connectivity index is 1.80. The van der Waals surface area contributed by atoms with E-state index in [-0.39, 0.29) is 5.91 Å². The van der Waals surface area contributed by atoms with Gasteiger partial charge in [-0.05, 0) is 32.2 Å². The third kappa shape index (κ3) is 2.44. The summed E-state index contributed by atoms with van der Waals surface area (Å²) in [5, 5.41) is 3.01. The van der Waals surface area contributed by atoms with E-state index in [9.17, 15) is 4.79 Å². The van der Waals surface area contributed by atoms with E-state index in [1.807, 2.05) is 0 Å². The van der Waals surface area contributed by atoms with Crippen molar-refractivity contribution >= 4 is 5.91 Å². The fraction of sp³-hybridized carbons (Fsp3) is 0.900. The summed E-state index contributed by atoms with van der Waals surface area (Å²) in [6.07, 6.45) is 5.13. The number of nitrogens with zero attached hydrogens (tertiary/aromatic N) is 1. The van der Waals surface area contributed by atoms with E-state index in [1.54, 1.807) is 6.92 Å². The number of nitrogens with one attached hydrogen (secondary N) is 1. The highest BCUT2D eigenvalue weighted by Gasteiger charge is 2.32. The Hall–Kier alpha value is -0.570. The van der Waals surface area contributed by atoms with Crippen LogP contribution in [0.3, 0.4) is 0 Å². The Morgan fingerprint density at radius 3 is 2.77 bits per heavy atom. The molecule has 1 unspecified atom stereocenters. The molecule has 1 atom stereocenters. The van der Waals surface area contributed by atoms with Crippen LogP contribution < -0.4 is 5.32 Å². The lowest BCUT2D eigenvalue weighted by molar-refractivity contribution is -0.120. The van der Waals surface area contributed by atoms with Gasteiger partial charge in [-0.15, -0.1) is 0 Å². The first-order valence-electron chi connectivity index (χ1n) is 5.27. The zero-order valence-corrected chi connectivity index (χ0v) is 8.25. The van der Waals surface area contributed by atoms with Gasteiger partial charge >= 0.3 is 0 Å². The number of amides is 1. The Labute approximate surface area is 79.5 Å². The minimum Gasteiger partial charge on any atom is -0.352 e. The van der Waals surface area contributed by atoms with Gasteiger partial charge in [0.1, 0.15) is 0 Å². The number of likely N-dealkylation sites (tertiary alicyclic amines) is 1. The summed E-state index contributed by atoms with van der Waals surface area (Å²) in [7, 11) is 0. The minimum absolute atomic E-state index is 0.114. The van der Waals surface area contributed by atoms with Crippen molar-refractivity contribution in [1.82, 2.24) is 10.2 Å². The Morgan fingerprint density at radius 1 is 1.38 bits per heavy atom. The van der Waals surface area contributed by atoms with Gasteiger partial charge in [0.15, 0.2) is 0 Å². The normalized spacial score (nSPS) is 30.1. The molecule has 0 aromatic heterocycles. The van der Waals surface area contributed by atoms with Crippen LogP contribution in [0.15, 0.2) is 0 Å². The summed E-state index contributed by atoms with van der Waals surface area (Å²) in [6, 6.07) is 1.25. The summed E-state index contributed by atoms with van der Waals surface area (Å²) >= 11 is 0. The van der Waals surface area contributed by atoms with Gasteiger partial charge in [0.2, 0.25) is 5.91 Å². The van der Waals surface area contributed by atoms with Crippen LogP contribution in [0.25, 0.3) is 0 Å². The molecule has 3 heteroatoms. The quantitative estimate of drug-likeness (QED) is 0.683. The first-order chi connectivity index (χ1) is 6.25. The van der Waals surface area contributed by atoms with Gasteiger partial charge in [-0.2, -0.15) is 0 Å². The van der Waals surface area contributed by atoms with E-state index in [0.717, 1.165) is 19.0 Å². The van der Waals surface area contributed by atoms with Crippen LogP contribution in [0.5, 0.6) is 0 Å². The zero-order chi connectivity index (χ0) is 9.26. The second kappa shape index (κ2) is 3.66. The SMILES string of the molecule is CC(=O)NC1CCCN(C2CC2)C1. The van der Waals surface area contributed by atoms with Crippen molar-refractivity contribution in [3.63, 3.8) is 0 Å². The van der Waals surface area contributed by atoms with Crippen LogP contribution in [0.1, 0.15) is 32.6 Å². The second-order valence-electron chi connectivity index (χ2n) is 4.27. The Morgan fingerprint density at radius 2 is 2.15 bits per heavy atom. The third-order valence-electron chi connectivity index (χ3n) is 2.92. The molecule has 1 saturated heterocycles. The van der Waals surface area contributed by atoms with Crippen molar-refractivity contribution in [2.24, 2.45) is 0 Å². The fourth-order valence-electron chi connectivity index (χ4n) is 2.18. The van der Waals surface area contributed by atoms with Crippen LogP contribution in [-0.2, 0) is 4.79 Å². The molecule has 1 aliphatic carbocycles. The number of carbonyl (C=O) groups excluding carboxylic acids is 1. The molecule has 0 aromatic rings. The molecule has 0 radical (unpaired) electrons. The van der Waals surface area contributed by atoms with E-state index < -0.39 is 0 Å². The molecule has 0 bridgehead atoms. The Kier molecular flexibility index (Phi) is 2.54. The van der Waals surface area contributed by atoms with E-state index in [4.69, 9.17) is 0 Å². The summed E-state index contributed by atoms with van der Waals surface area (Å²) in [5.74, 6) is 0.114. The molecule has 13 heavy (non-hydrogen) atoms. The third-order valence-corrected chi connectivity index (χ3v) is 2.92. The summed E-state index contributed by atoms with van der Waals surface area (Å²) in [6.45, 7) is 3.92. The maximum absolute atomic E-state index is 10.9. The van der Waals surface area contributed by atoms with Gasteiger partial charge in [-0.25, -0.2) is 0 Å². The lowest BCUT2D eigenvalue weighted by atomic mass is 10.1. The highest BCUT2D eigenvalue weighted by Crippen LogP contribution is 2.29. The molecule has 3 nitrogen and oxygen atoms in total. The van der Waals surface area contributed by atoms with E-state index >= 15 is 0 Å². The molecule has 74 valence electrons. The molecule has 2 rings (SSSR count). The van der Waals surface area contributed by atoms with Crippen LogP contribution >= 0.6 is 0 Å². The molecular formula is C10H18N2O. The van der Waals surface area contributed by atoms with Crippen molar-refractivity contribution in [1.29, 1.82) is 0 Å². The number of rotatable bonds is 2. The number of piperidine rings is 1. The fourth-order valence-corrected chi connectivity index (χ4v) is 2.18. The molecule has 0 spiro atoms. The maximum atomic E-state index is 10.9. The Bertz CT molecular complexity index is 201. The average molecular weight is 182 g/mol. The smallest absolute Gasteiger partial charge is 0.217 e. The van der Waals surface area contributed by atoms with Crippen LogP contribution in [-0.4, -0.2) is 36.0 Å². The summed E-state index contributed by atoms with van der Waals surface area (Å²) in [5.41, 5.74) is 0. The molecule has 1 N–H and O–H groups in total. The zero-order valence-electron chi connectivity index (χ0n) is 8.25. The van der Waals surface area contributed by atoms with Gasteiger partial charge in [0.05, 0.1) is 0 Å². The van der Waals surface area contributed by atoms with Gasteiger partial charge in [-0.1, -0.05) is 0 Å². The molecule has 0 aromatic carbocycles. The summed E-state index contributed by atoms with van der Waals surface area (Å²) < 4.78 is 0. The van der Waals surface area contributed by atoms with E-state index in [0.29, 0.717) is 6.04 Å². The average Bonchev–Trinajstić information content (AvgIpc) is 2.85.